The van der Waals surface area contributed by atoms with Crippen molar-refractivity contribution in [3.63, 3.8) is 0 Å². The molecule has 0 fully saturated rings. The summed E-state index contributed by atoms with van der Waals surface area (Å²) in [7, 11) is 3.05. The Kier molecular flexibility index (Phi) is 1.92. The van der Waals surface area contributed by atoms with E-state index in [1.54, 1.807) is 12.1 Å². The summed E-state index contributed by atoms with van der Waals surface area (Å²) >= 11 is 0. The first kappa shape index (κ1) is 8.68. The number of methoxy groups -OCH3 is 2. The summed E-state index contributed by atoms with van der Waals surface area (Å²) in [5.41, 5.74) is 0.963. The van der Waals surface area contributed by atoms with Gasteiger partial charge in [0, 0.05) is 12.1 Å². The average molecular weight is 195 g/mol. The molecule has 74 valence electrons. The minimum absolute atomic E-state index is 0.422. The highest BCUT2D eigenvalue weighted by atomic mass is 16.5. The molecule has 0 amide bonds. The number of H-pyrrole nitrogens is 1. The zero-order valence-corrected chi connectivity index (χ0v) is 7.79. The number of aromatic amines is 1. The van der Waals surface area contributed by atoms with Crippen molar-refractivity contribution in [1.29, 1.82) is 0 Å². The van der Waals surface area contributed by atoms with Crippen LogP contribution in [0.25, 0.3) is 11.1 Å². The van der Waals surface area contributed by atoms with Gasteiger partial charge in [0.1, 0.15) is 17.0 Å². The minimum Gasteiger partial charge on any atom is -0.496 e. The number of hydrogen-bond acceptors (Lipinski definition) is 4. The van der Waals surface area contributed by atoms with Gasteiger partial charge >= 0.3 is 5.76 Å². The second-order valence-corrected chi connectivity index (χ2v) is 2.72. The van der Waals surface area contributed by atoms with Crippen molar-refractivity contribution in [2.75, 3.05) is 14.2 Å². The molecule has 0 aliphatic heterocycles. The Morgan fingerprint density at radius 3 is 2.71 bits per heavy atom. The monoisotopic (exact) mass is 195 g/mol. The van der Waals surface area contributed by atoms with E-state index in [-0.39, 0.29) is 0 Å². The largest absolute Gasteiger partial charge is 0.496 e. The van der Waals surface area contributed by atoms with E-state index in [4.69, 9.17) is 13.9 Å². The molecular formula is C9H9NO4. The number of hydrogen-bond donors (Lipinski definition) is 1. The molecule has 2 aromatic rings. The predicted molar refractivity (Wildman–Crippen MR) is 49.9 cm³/mol. The molecule has 0 radical (unpaired) electrons. The highest BCUT2D eigenvalue weighted by molar-refractivity contribution is 5.81. The smallest absolute Gasteiger partial charge is 0.417 e. The van der Waals surface area contributed by atoms with Crippen LogP contribution < -0.4 is 15.2 Å². The summed E-state index contributed by atoms with van der Waals surface area (Å²) in [6, 6.07) is 3.30. The number of rotatable bonds is 2. The molecule has 5 nitrogen and oxygen atoms in total. The average Bonchev–Trinajstić information content (AvgIpc) is 2.56. The van der Waals surface area contributed by atoms with Gasteiger partial charge in [-0.2, -0.15) is 0 Å². The first-order chi connectivity index (χ1) is 6.74. The summed E-state index contributed by atoms with van der Waals surface area (Å²) in [5.74, 6) is 0.592. The van der Waals surface area contributed by atoms with Crippen molar-refractivity contribution in [3.05, 3.63) is 22.7 Å². The van der Waals surface area contributed by atoms with Crippen molar-refractivity contribution in [1.82, 2.24) is 4.98 Å². The molecule has 0 bridgehead atoms. The lowest BCUT2D eigenvalue weighted by molar-refractivity contribution is 0.396. The maximum Gasteiger partial charge on any atom is 0.417 e. The van der Waals surface area contributed by atoms with Crippen LogP contribution in [0.2, 0.25) is 0 Å². The van der Waals surface area contributed by atoms with Crippen molar-refractivity contribution in [2.45, 2.75) is 0 Å². The van der Waals surface area contributed by atoms with Gasteiger partial charge < -0.3 is 13.9 Å². The van der Waals surface area contributed by atoms with Crippen LogP contribution in [0.1, 0.15) is 0 Å². The second kappa shape index (κ2) is 3.10. The zero-order valence-electron chi connectivity index (χ0n) is 7.79. The van der Waals surface area contributed by atoms with Gasteiger partial charge in [-0.3, -0.25) is 4.98 Å². The Bertz CT molecular complexity index is 511. The molecule has 14 heavy (non-hydrogen) atoms. The van der Waals surface area contributed by atoms with Crippen LogP contribution in [-0.4, -0.2) is 19.2 Å². The SMILES string of the molecule is COc1cc(OC)c2[nH]c(=O)oc2c1. The molecule has 0 atom stereocenters. The van der Waals surface area contributed by atoms with E-state index in [0.717, 1.165) is 0 Å². The third-order valence-electron chi connectivity index (χ3n) is 1.92. The van der Waals surface area contributed by atoms with Crippen molar-refractivity contribution >= 4 is 11.1 Å². The fraction of sp³-hybridized carbons (Fsp3) is 0.222. The lowest BCUT2D eigenvalue weighted by atomic mass is 10.3. The topological polar surface area (TPSA) is 64.5 Å². The van der Waals surface area contributed by atoms with Gasteiger partial charge in [0.05, 0.1) is 14.2 Å². The summed E-state index contributed by atoms with van der Waals surface area (Å²) in [6.45, 7) is 0. The first-order valence-corrected chi connectivity index (χ1v) is 3.99. The summed E-state index contributed by atoms with van der Waals surface area (Å²) in [4.78, 5) is 13.5. The number of oxazole rings is 1. The van der Waals surface area contributed by atoms with Gasteiger partial charge in [-0.25, -0.2) is 4.79 Å². The fourth-order valence-electron chi connectivity index (χ4n) is 1.28. The lowest BCUT2D eigenvalue weighted by Gasteiger charge is -2.03. The number of fused-ring (bicyclic) bond motifs is 1. The van der Waals surface area contributed by atoms with Crippen LogP contribution in [-0.2, 0) is 0 Å². The van der Waals surface area contributed by atoms with Gasteiger partial charge in [0.15, 0.2) is 5.58 Å². The Morgan fingerprint density at radius 2 is 2.07 bits per heavy atom. The molecule has 0 saturated carbocycles. The molecule has 1 aromatic heterocycles. The number of aromatic nitrogens is 1. The molecule has 1 aromatic carbocycles. The van der Waals surface area contributed by atoms with Crippen LogP contribution in [0.15, 0.2) is 21.3 Å². The van der Waals surface area contributed by atoms with Crippen molar-refractivity contribution in [3.8, 4) is 11.5 Å². The molecule has 2 rings (SSSR count). The molecule has 5 heteroatoms. The van der Waals surface area contributed by atoms with E-state index < -0.39 is 5.76 Å². The van der Waals surface area contributed by atoms with Crippen LogP contribution in [0, 0.1) is 0 Å². The zero-order chi connectivity index (χ0) is 10.1. The fourth-order valence-corrected chi connectivity index (χ4v) is 1.28. The third-order valence-corrected chi connectivity index (χ3v) is 1.92. The van der Waals surface area contributed by atoms with Gasteiger partial charge in [0.2, 0.25) is 0 Å². The van der Waals surface area contributed by atoms with E-state index in [9.17, 15) is 4.79 Å². The minimum atomic E-state index is -0.508. The number of nitrogens with one attached hydrogen (secondary N) is 1. The van der Waals surface area contributed by atoms with E-state index in [2.05, 4.69) is 4.98 Å². The van der Waals surface area contributed by atoms with Crippen molar-refractivity contribution < 1.29 is 13.9 Å². The Morgan fingerprint density at radius 1 is 1.29 bits per heavy atom. The maximum absolute atomic E-state index is 10.9. The highest BCUT2D eigenvalue weighted by Crippen LogP contribution is 2.28. The van der Waals surface area contributed by atoms with Crippen LogP contribution >= 0.6 is 0 Å². The summed E-state index contributed by atoms with van der Waals surface area (Å²) in [5, 5.41) is 0. The molecule has 1 heterocycles. The Hall–Kier alpha value is -1.91. The molecule has 0 spiro atoms. The third kappa shape index (κ3) is 1.22. The van der Waals surface area contributed by atoms with Crippen LogP contribution in [0.4, 0.5) is 0 Å². The number of benzene rings is 1. The van der Waals surface area contributed by atoms with E-state index in [1.807, 2.05) is 0 Å². The quantitative estimate of drug-likeness (QED) is 0.780. The van der Waals surface area contributed by atoms with Crippen LogP contribution in [0.3, 0.4) is 0 Å². The van der Waals surface area contributed by atoms with Crippen LogP contribution in [0.5, 0.6) is 11.5 Å². The lowest BCUT2D eigenvalue weighted by Crippen LogP contribution is -1.94. The van der Waals surface area contributed by atoms with E-state index in [0.29, 0.717) is 22.6 Å². The van der Waals surface area contributed by atoms with Crippen molar-refractivity contribution in [2.24, 2.45) is 0 Å². The summed E-state index contributed by atoms with van der Waals surface area (Å²) < 4.78 is 15.0. The Balaban J connectivity index is 2.79. The highest BCUT2D eigenvalue weighted by Gasteiger charge is 2.09. The molecule has 0 aliphatic carbocycles. The number of ether oxygens (including phenoxy) is 2. The molecule has 1 N–H and O–H groups in total. The molecular weight excluding hydrogens is 186 g/mol. The van der Waals surface area contributed by atoms with E-state index in [1.165, 1.54) is 14.2 Å². The predicted octanol–water partition coefficient (Wildman–Crippen LogP) is 1.14. The standard InChI is InChI=1S/C9H9NO4/c1-12-5-3-6(13-2)8-7(4-5)14-9(11)10-8/h3-4H,1-2H3,(H,10,11). The van der Waals surface area contributed by atoms with Gasteiger partial charge in [0.25, 0.3) is 0 Å². The van der Waals surface area contributed by atoms with Gasteiger partial charge in [-0.1, -0.05) is 0 Å². The Labute approximate surface area is 79.2 Å². The van der Waals surface area contributed by atoms with Gasteiger partial charge in [-0.15, -0.1) is 0 Å². The maximum atomic E-state index is 10.9. The second-order valence-electron chi connectivity index (χ2n) is 2.72. The first-order valence-electron chi connectivity index (χ1n) is 3.99. The summed E-state index contributed by atoms with van der Waals surface area (Å²) in [6.07, 6.45) is 0. The van der Waals surface area contributed by atoms with Gasteiger partial charge in [-0.05, 0) is 0 Å². The molecule has 0 saturated heterocycles. The normalized spacial score (nSPS) is 10.4. The van der Waals surface area contributed by atoms with E-state index >= 15 is 0 Å². The molecule has 0 aliphatic rings. The molecule has 0 unspecified atom stereocenters.